The largest absolute Gasteiger partial charge is 0.332 e. The van der Waals surface area contributed by atoms with Crippen LogP contribution in [-0.4, -0.2) is 34.1 Å². The molecule has 0 aliphatic heterocycles. The first-order valence-corrected chi connectivity index (χ1v) is 6.56. The minimum Gasteiger partial charge on any atom is -0.328 e. The number of hydrogen-bond acceptors (Lipinski definition) is 5. The molecule has 21 heavy (non-hydrogen) atoms. The van der Waals surface area contributed by atoms with E-state index in [2.05, 4.69) is 20.4 Å². The summed E-state index contributed by atoms with van der Waals surface area (Å²) < 4.78 is 4.27. The Morgan fingerprint density at radius 3 is 2.81 bits per heavy atom. The number of aromatic nitrogens is 7. The van der Waals surface area contributed by atoms with Crippen LogP contribution in [0.1, 0.15) is 12.1 Å². The Hall–Kier alpha value is -2.71. The van der Waals surface area contributed by atoms with Gasteiger partial charge in [-0.3, -0.25) is 19.0 Å². The van der Waals surface area contributed by atoms with Gasteiger partial charge in [0.05, 0.1) is 12.0 Å². The number of nitrogens with zero attached hydrogens (tertiary/aromatic N) is 6. The lowest BCUT2D eigenvalue weighted by Crippen LogP contribution is -2.39. The lowest BCUT2D eigenvalue weighted by molar-refractivity contribution is 0.568. The predicted octanol–water partition coefficient (Wildman–Crippen LogP) is -0.815. The third kappa shape index (κ3) is 2.16. The van der Waals surface area contributed by atoms with Crippen LogP contribution in [0.15, 0.2) is 22.1 Å². The zero-order chi connectivity index (χ0) is 15.0. The van der Waals surface area contributed by atoms with E-state index in [0.717, 1.165) is 5.69 Å². The summed E-state index contributed by atoms with van der Waals surface area (Å²) in [7, 11) is 3.35. The van der Waals surface area contributed by atoms with Gasteiger partial charge in [0.2, 0.25) is 0 Å². The van der Waals surface area contributed by atoms with Crippen LogP contribution in [0.25, 0.3) is 11.2 Å². The van der Waals surface area contributed by atoms with Gasteiger partial charge in [-0.1, -0.05) is 5.21 Å². The second kappa shape index (κ2) is 5.00. The number of aryl methyl sites for hydroxylation is 3. The van der Waals surface area contributed by atoms with Crippen molar-refractivity contribution in [1.82, 2.24) is 34.1 Å². The fraction of sp³-hybridized carbons (Fsp3) is 0.417. The SMILES string of the molecule is Cn1cnc2c1c(=O)n(CCCc1c[nH]nn1)c(=O)n2C. The zero-order valence-electron chi connectivity index (χ0n) is 11.8. The maximum absolute atomic E-state index is 12.4. The summed E-state index contributed by atoms with van der Waals surface area (Å²) in [6, 6.07) is 0. The summed E-state index contributed by atoms with van der Waals surface area (Å²) in [4.78, 5) is 28.8. The predicted molar refractivity (Wildman–Crippen MR) is 74.9 cm³/mol. The van der Waals surface area contributed by atoms with Gasteiger partial charge in [-0.2, -0.15) is 0 Å². The molecule has 0 spiro atoms. The lowest BCUT2D eigenvalue weighted by atomic mass is 10.2. The molecule has 110 valence electrons. The number of rotatable bonds is 4. The molecule has 0 fully saturated rings. The van der Waals surface area contributed by atoms with Crippen LogP contribution in [0.2, 0.25) is 0 Å². The monoisotopic (exact) mass is 289 g/mol. The van der Waals surface area contributed by atoms with Crippen molar-refractivity contribution in [2.45, 2.75) is 19.4 Å². The second-order valence-electron chi connectivity index (χ2n) is 4.89. The third-order valence-electron chi connectivity index (χ3n) is 3.48. The molecule has 9 heteroatoms. The van der Waals surface area contributed by atoms with Crippen molar-refractivity contribution in [3.8, 4) is 0 Å². The second-order valence-corrected chi connectivity index (χ2v) is 4.89. The third-order valence-corrected chi connectivity index (χ3v) is 3.48. The molecule has 0 aliphatic rings. The van der Waals surface area contributed by atoms with E-state index in [1.54, 1.807) is 24.9 Å². The molecular weight excluding hydrogens is 274 g/mol. The molecular formula is C12H15N7O2. The summed E-state index contributed by atoms with van der Waals surface area (Å²) in [5.41, 5.74) is 0.972. The quantitative estimate of drug-likeness (QED) is 0.676. The number of H-pyrrole nitrogens is 1. The molecule has 0 radical (unpaired) electrons. The van der Waals surface area contributed by atoms with Gasteiger partial charge in [0.25, 0.3) is 5.56 Å². The summed E-state index contributed by atoms with van der Waals surface area (Å²) in [6.07, 6.45) is 4.51. The van der Waals surface area contributed by atoms with Crippen LogP contribution in [0.4, 0.5) is 0 Å². The highest BCUT2D eigenvalue weighted by molar-refractivity contribution is 5.69. The number of hydrogen-bond donors (Lipinski definition) is 1. The fourth-order valence-electron chi connectivity index (χ4n) is 2.36. The van der Waals surface area contributed by atoms with Crippen LogP contribution in [0, 0.1) is 0 Å². The van der Waals surface area contributed by atoms with Crippen molar-refractivity contribution < 1.29 is 0 Å². The lowest BCUT2D eigenvalue weighted by Gasteiger charge is -2.07. The molecule has 0 unspecified atom stereocenters. The van der Waals surface area contributed by atoms with E-state index < -0.39 is 0 Å². The van der Waals surface area contributed by atoms with Crippen molar-refractivity contribution in [1.29, 1.82) is 0 Å². The van der Waals surface area contributed by atoms with Gasteiger partial charge in [-0.25, -0.2) is 9.78 Å². The number of nitrogens with one attached hydrogen (secondary N) is 1. The van der Waals surface area contributed by atoms with E-state index in [1.165, 1.54) is 15.5 Å². The molecule has 3 rings (SSSR count). The standard InChI is InChI=1S/C12H15N7O2/c1-17-7-13-10-9(17)11(20)19(12(21)18(10)2)5-3-4-8-6-14-16-15-8/h6-7H,3-5H2,1-2H3,(H,14,15,16). The van der Waals surface area contributed by atoms with Crippen LogP contribution in [0.5, 0.6) is 0 Å². The highest BCUT2D eigenvalue weighted by atomic mass is 16.2. The summed E-state index contributed by atoms with van der Waals surface area (Å²) in [5, 5.41) is 10.1. The molecule has 0 saturated heterocycles. The van der Waals surface area contributed by atoms with Gasteiger partial charge in [-0.05, 0) is 12.8 Å². The Bertz CT molecular complexity index is 885. The highest BCUT2D eigenvalue weighted by Crippen LogP contribution is 2.03. The fourth-order valence-corrected chi connectivity index (χ4v) is 2.36. The number of fused-ring (bicyclic) bond motifs is 1. The van der Waals surface area contributed by atoms with Crippen LogP contribution < -0.4 is 11.2 Å². The van der Waals surface area contributed by atoms with Gasteiger partial charge in [-0.15, -0.1) is 5.10 Å². The minimum atomic E-state index is -0.355. The first-order chi connectivity index (χ1) is 10.1. The molecule has 3 aromatic heterocycles. The van der Waals surface area contributed by atoms with Crippen molar-refractivity contribution in [2.75, 3.05) is 0 Å². The molecule has 3 aromatic rings. The highest BCUT2D eigenvalue weighted by Gasteiger charge is 2.14. The molecule has 0 amide bonds. The van der Waals surface area contributed by atoms with Gasteiger partial charge >= 0.3 is 5.69 Å². The van der Waals surface area contributed by atoms with Crippen LogP contribution >= 0.6 is 0 Å². The van der Waals surface area contributed by atoms with E-state index in [1.807, 2.05) is 0 Å². The van der Waals surface area contributed by atoms with Gasteiger partial charge in [0.1, 0.15) is 0 Å². The topological polar surface area (TPSA) is 103 Å². The first kappa shape index (κ1) is 13.3. The molecule has 1 N–H and O–H groups in total. The van der Waals surface area contributed by atoms with E-state index in [-0.39, 0.29) is 11.2 Å². The summed E-state index contributed by atoms with van der Waals surface area (Å²) in [6.45, 7) is 0.333. The molecule has 0 aliphatic carbocycles. The average molecular weight is 289 g/mol. The average Bonchev–Trinajstić information content (AvgIpc) is 3.10. The van der Waals surface area contributed by atoms with E-state index in [4.69, 9.17) is 0 Å². The van der Waals surface area contributed by atoms with Crippen molar-refractivity contribution >= 4 is 11.2 Å². The van der Waals surface area contributed by atoms with E-state index in [0.29, 0.717) is 30.6 Å². The normalized spacial score (nSPS) is 11.3. The smallest absolute Gasteiger partial charge is 0.328 e. The van der Waals surface area contributed by atoms with Gasteiger partial charge in [0.15, 0.2) is 11.2 Å². The number of aromatic amines is 1. The summed E-state index contributed by atoms with van der Waals surface area (Å²) in [5.74, 6) is 0. The Kier molecular flexibility index (Phi) is 3.16. The number of imidazole rings is 1. The van der Waals surface area contributed by atoms with Crippen molar-refractivity contribution in [3.05, 3.63) is 39.1 Å². The van der Waals surface area contributed by atoms with Crippen molar-refractivity contribution in [3.63, 3.8) is 0 Å². The van der Waals surface area contributed by atoms with Crippen LogP contribution in [-0.2, 0) is 27.1 Å². The molecule has 0 saturated carbocycles. The van der Waals surface area contributed by atoms with Crippen molar-refractivity contribution in [2.24, 2.45) is 14.1 Å². The molecule has 3 heterocycles. The van der Waals surface area contributed by atoms with Crippen LogP contribution in [0.3, 0.4) is 0 Å². The van der Waals surface area contributed by atoms with E-state index in [9.17, 15) is 9.59 Å². The first-order valence-electron chi connectivity index (χ1n) is 6.56. The Morgan fingerprint density at radius 1 is 1.29 bits per heavy atom. The zero-order valence-corrected chi connectivity index (χ0v) is 11.8. The maximum Gasteiger partial charge on any atom is 0.332 e. The Labute approximate surface area is 118 Å². The molecule has 0 bridgehead atoms. The maximum atomic E-state index is 12.4. The van der Waals surface area contributed by atoms with Gasteiger partial charge < -0.3 is 4.57 Å². The van der Waals surface area contributed by atoms with E-state index >= 15 is 0 Å². The Balaban J connectivity index is 1.96. The summed E-state index contributed by atoms with van der Waals surface area (Å²) >= 11 is 0. The Morgan fingerprint density at radius 2 is 2.10 bits per heavy atom. The molecule has 0 atom stereocenters. The molecule has 9 nitrogen and oxygen atoms in total. The minimum absolute atomic E-state index is 0.312. The molecule has 0 aromatic carbocycles. The van der Waals surface area contributed by atoms with Gasteiger partial charge in [0, 0.05) is 26.8 Å².